The van der Waals surface area contributed by atoms with E-state index in [4.69, 9.17) is 4.74 Å². The lowest BCUT2D eigenvalue weighted by Crippen LogP contribution is -2.07. The van der Waals surface area contributed by atoms with Crippen molar-refractivity contribution in [1.29, 1.82) is 0 Å². The van der Waals surface area contributed by atoms with Gasteiger partial charge in [0.15, 0.2) is 0 Å². The van der Waals surface area contributed by atoms with Gasteiger partial charge in [-0.05, 0) is 22.8 Å². The molecule has 1 aliphatic heterocycles. The van der Waals surface area contributed by atoms with Crippen molar-refractivity contribution < 1.29 is 4.74 Å². The monoisotopic (exact) mass is 118 g/mol. The third-order valence-electron chi connectivity index (χ3n) is 2.16. The molecule has 2 aliphatic carbocycles. The van der Waals surface area contributed by atoms with Gasteiger partial charge in [0.2, 0.25) is 0 Å². The molecule has 1 atom stereocenters. The van der Waals surface area contributed by atoms with Crippen LogP contribution in [0, 0.1) is 0 Å². The number of rotatable bonds is 0. The van der Waals surface area contributed by atoms with Crippen molar-refractivity contribution in [3.05, 3.63) is 34.9 Å². The standard InChI is InChI=1S/C8H6O/c1-2-6-4-9-8-5(1)3-7(6)8/h1-3,8H,4H2. The van der Waals surface area contributed by atoms with E-state index in [1.807, 2.05) is 0 Å². The highest BCUT2D eigenvalue weighted by molar-refractivity contribution is 5.49. The fraction of sp³-hybridized carbons (Fsp3) is 0.250. The molecule has 4 rings (SSSR count). The third kappa shape index (κ3) is 0.304. The number of hydrogen-bond donors (Lipinski definition) is 0. The second-order valence-corrected chi connectivity index (χ2v) is 2.65. The summed E-state index contributed by atoms with van der Waals surface area (Å²) in [6, 6.07) is 6.53. The van der Waals surface area contributed by atoms with Crippen molar-refractivity contribution in [3.63, 3.8) is 0 Å². The van der Waals surface area contributed by atoms with Gasteiger partial charge in [-0.2, -0.15) is 0 Å². The second kappa shape index (κ2) is 1.05. The maximum absolute atomic E-state index is 5.43. The van der Waals surface area contributed by atoms with Gasteiger partial charge in [-0.1, -0.05) is 12.1 Å². The first-order valence-corrected chi connectivity index (χ1v) is 3.19. The van der Waals surface area contributed by atoms with Gasteiger partial charge in [0.05, 0.1) is 6.61 Å². The first-order chi connectivity index (χ1) is 4.45. The Hall–Kier alpha value is -0.820. The van der Waals surface area contributed by atoms with E-state index in [1.54, 1.807) is 0 Å². The van der Waals surface area contributed by atoms with E-state index in [0.29, 0.717) is 6.10 Å². The predicted octanol–water partition coefficient (Wildman–Crippen LogP) is 1.62. The van der Waals surface area contributed by atoms with Crippen LogP contribution in [0.2, 0.25) is 0 Å². The quantitative estimate of drug-likeness (QED) is 0.503. The summed E-state index contributed by atoms with van der Waals surface area (Å²) >= 11 is 0. The Morgan fingerprint density at radius 3 is 3.11 bits per heavy atom. The maximum Gasteiger partial charge on any atom is 0.108 e. The molecule has 1 unspecified atom stereocenters. The van der Waals surface area contributed by atoms with Crippen LogP contribution in [0.4, 0.5) is 0 Å². The van der Waals surface area contributed by atoms with E-state index in [-0.39, 0.29) is 0 Å². The van der Waals surface area contributed by atoms with Crippen molar-refractivity contribution in [2.45, 2.75) is 12.7 Å². The molecule has 1 heteroatoms. The average molecular weight is 118 g/mol. The zero-order valence-corrected chi connectivity index (χ0v) is 4.92. The summed E-state index contributed by atoms with van der Waals surface area (Å²) in [4.78, 5) is 0. The van der Waals surface area contributed by atoms with E-state index < -0.39 is 0 Å². The minimum absolute atomic E-state index is 0.380. The molecule has 0 saturated carbocycles. The van der Waals surface area contributed by atoms with Crippen LogP contribution < -0.4 is 0 Å². The fourth-order valence-corrected chi connectivity index (χ4v) is 1.59. The van der Waals surface area contributed by atoms with Gasteiger partial charge in [0, 0.05) is 0 Å². The molecular formula is C8H6O. The SMILES string of the molecule is c1cc2c3cc1C3OC2. The van der Waals surface area contributed by atoms with Gasteiger partial charge in [0.1, 0.15) is 6.10 Å². The van der Waals surface area contributed by atoms with Crippen LogP contribution in [0.1, 0.15) is 22.8 Å². The molecule has 1 nitrogen and oxygen atoms in total. The molecule has 0 radical (unpaired) electrons. The number of hydrogen-bond acceptors (Lipinski definition) is 1. The van der Waals surface area contributed by atoms with Gasteiger partial charge in [0.25, 0.3) is 0 Å². The van der Waals surface area contributed by atoms with Crippen LogP contribution in [-0.4, -0.2) is 0 Å². The summed E-state index contributed by atoms with van der Waals surface area (Å²) in [7, 11) is 0. The van der Waals surface area contributed by atoms with Gasteiger partial charge >= 0.3 is 0 Å². The molecule has 0 aromatic heterocycles. The smallest absolute Gasteiger partial charge is 0.108 e. The van der Waals surface area contributed by atoms with Crippen LogP contribution in [-0.2, 0) is 11.3 Å². The first-order valence-electron chi connectivity index (χ1n) is 3.19. The molecule has 3 aliphatic rings. The Morgan fingerprint density at radius 2 is 2.44 bits per heavy atom. The van der Waals surface area contributed by atoms with Crippen LogP contribution in [0.5, 0.6) is 0 Å². The van der Waals surface area contributed by atoms with Crippen LogP contribution in [0.25, 0.3) is 0 Å². The van der Waals surface area contributed by atoms with E-state index in [2.05, 4.69) is 18.2 Å². The van der Waals surface area contributed by atoms with Gasteiger partial charge < -0.3 is 4.74 Å². The largest absolute Gasteiger partial charge is 0.364 e. The third-order valence-corrected chi connectivity index (χ3v) is 2.16. The number of fused-ring (bicyclic) bond motifs is 1. The predicted molar refractivity (Wildman–Crippen MR) is 33.1 cm³/mol. The molecule has 1 aromatic carbocycles. The van der Waals surface area contributed by atoms with Crippen molar-refractivity contribution in [3.8, 4) is 0 Å². The number of ether oxygens (including phenoxy) is 1. The Labute approximate surface area is 53.3 Å². The summed E-state index contributed by atoms with van der Waals surface area (Å²) in [5, 5.41) is 0. The summed E-state index contributed by atoms with van der Waals surface area (Å²) < 4.78 is 5.43. The zero-order chi connectivity index (χ0) is 5.84. The average Bonchev–Trinajstić information content (AvgIpc) is 2.06. The molecule has 0 N–H and O–H groups in total. The Balaban J connectivity index is 2.45. The van der Waals surface area contributed by atoms with Crippen molar-refractivity contribution >= 4 is 0 Å². The minimum Gasteiger partial charge on any atom is -0.364 e. The van der Waals surface area contributed by atoms with E-state index in [1.165, 1.54) is 16.7 Å². The lowest BCUT2D eigenvalue weighted by molar-refractivity contribution is 0.0889. The molecule has 0 spiro atoms. The van der Waals surface area contributed by atoms with Gasteiger partial charge in [-0.15, -0.1) is 0 Å². The lowest BCUT2D eigenvalue weighted by atomic mass is 9.88. The van der Waals surface area contributed by atoms with Crippen LogP contribution in [0.15, 0.2) is 18.2 Å². The molecular weight excluding hydrogens is 112 g/mol. The fourth-order valence-electron chi connectivity index (χ4n) is 1.59. The Morgan fingerprint density at radius 1 is 1.44 bits per heavy atom. The molecule has 44 valence electrons. The Kier molecular flexibility index (Phi) is 0.474. The highest BCUT2D eigenvalue weighted by atomic mass is 16.5. The number of benzene rings is 1. The molecule has 9 heavy (non-hydrogen) atoms. The molecule has 4 bridgehead atoms. The Bertz CT molecular complexity index is 269. The molecule has 0 amide bonds. The molecule has 0 fully saturated rings. The van der Waals surface area contributed by atoms with E-state index in [9.17, 15) is 0 Å². The van der Waals surface area contributed by atoms with Crippen molar-refractivity contribution in [2.24, 2.45) is 0 Å². The van der Waals surface area contributed by atoms with E-state index >= 15 is 0 Å². The van der Waals surface area contributed by atoms with Crippen LogP contribution in [0.3, 0.4) is 0 Å². The summed E-state index contributed by atoms with van der Waals surface area (Å²) in [5.74, 6) is 0. The van der Waals surface area contributed by atoms with E-state index in [0.717, 1.165) is 6.61 Å². The summed E-state index contributed by atoms with van der Waals surface area (Å²) in [5.41, 5.74) is 4.16. The molecule has 1 aromatic rings. The van der Waals surface area contributed by atoms with Crippen molar-refractivity contribution in [1.82, 2.24) is 0 Å². The highest BCUT2D eigenvalue weighted by Crippen LogP contribution is 2.44. The van der Waals surface area contributed by atoms with Gasteiger partial charge in [-0.25, -0.2) is 0 Å². The zero-order valence-electron chi connectivity index (χ0n) is 4.92. The van der Waals surface area contributed by atoms with Gasteiger partial charge in [-0.3, -0.25) is 0 Å². The summed E-state index contributed by atoms with van der Waals surface area (Å²) in [6.07, 6.45) is 0.380. The van der Waals surface area contributed by atoms with Crippen LogP contribution >= 0.6 is 0 Å². The minimum atomic E-state index is 0.380. The lowest BCUT2D eigenvalue weighted by Gasteiger charge is -2.20. The maximum atomic E-state index is 5.43. The summed E-state index contributed by atoms with van der Waals surface area (Å²) in [6.45, 7) is 0.830. The second-order valence-electron chi connectivity index (χ2n) is 2.65. The highest BCUT2D eigenvalue weighted by Gasteiger charge is 2.32. The first kappa shape index (κ1) is 4.07. The van der Waals surface area contributed by atoms with Crippen molar-refractivity contribution in [2.75, 3.05) is 0 Å². The topological polar surface area (TPSA) is 9.23 Å². The molecule has 1 heterocycles. The molecule has 0 saturated heterocycles. The normalized spacial score (nSPS) is 26.0.